The Hall–Kier alpha value is -2.61. The van der Waals surface area contributed by atoms with Crippen LogP contribution < -0.4 is 11.0 Å². The van der Waals surface area contributed by atoms with Gasteiger partial charge in [-0.25, -0.2) is 4.79 Å². The van der Waals surface area contributed by atoms with E-state index < -0.39 is 0 Å². The van der Waals surface area contributed by atoms with Gasteiger partial charge in [0.1, 0.15) is 0 Å². The number of rotatable bonds is 5. The number of hydrogen-bond acceptors (Lipinski definition) is 4. The second-order valence-electron chi connectivity index (χ2n) is 8.85. The van der Waals surface area contributed by atoms with Crippen molar-refractivity contribution in [3.05, 3.63) is 34.2 Å². The van der Waals surface area contributed by atoms with Crippen LogP contribution in [-0.4, -0.2) is 70.9 Å². The number of piperidine rings is 2. The predicted octanol–water partition coefficient (Wildman–Crippen LogP) is 1.97. The molecule has 8 nitrogen and oxygen atoms in total. The minimum Gasteiger partial charge on any atom is -0.355 e. The van der Waals surface area contributed by atoms with E-state index in [0.29, 0.717) is 17.6 Å². The molecule has 168 valence electrons. The van der Waals surface area contributed by atoms with Crippen LogP contribution in [0.5, 0.6) is 0 Å². The summed E-state index contributed by atoms with van der Waals surface area (Å²) in [6.07, 6.45) is 5.10. The molecule has 2 aliphatic heterocycles. The Morgan fingerprint density at radius 2 is 1.81 bits per heavy atom. The third kappa shape index (κ3) is 4.54. The van der Waals surface area contributed by atoms with Crippen molar-refractivity contribution in [3.63, 3.8) is 0 Å². The second kappa shape index (κ2) is 9.26. The first kappa shape index (κ1) is 21.6. The van der Waals surface area contributed by atoms with E-state index in [9.17, 15) is 14.4 Å². The van der Waals surface area contributed by atoms with Crippen LogP contribution in [0.2, 0.25) is 0 Å². The monoisotopic (exact) mass is 427 g/mol. The van der Waals surface area contributed by atoms with Gasteiger partial charge < -0.3 is 15.2 Å². The number of imidazole rings is 1. The van der Waals surface area contributed by atoms with E-state index in [1.807, 2.05) is 15.5 Å². The molecule has 3 heterocycles. The molecule has 2 amide bonds. The van der Waals surface area contributed by atoms with Crippen LogP contribution in [0.25, 0.3) is 11.0 Å². The van der Waals surface area contributed by atoms with Crippen LogP contribution in [0.1, 0.15) is 55.4 Å². The molecule has 1 aromatic heterocycles. The van der Waals surface area contributed by atoms with E-state index in [4.69, 9.17) is 0 Å². The van der Waals surface area contributed by atoms with Crippen molar-refractivity contribution in [2.24, 2.45) is 5.92 Å². The largest absolute Gasteiger partial charge is 0.355 e. The Bertz CT molecular complexity index is 994. The van der Waals surface area contributed by atoms with Crippen molar-refractivity contribution < 1.29 is 9.59 Å². The van der Waals surface area contributed by atoms with Gasteiger partial charge >= 0.3 is 5.69 Å². The number of aromatic nitrogens is 2. The number of likely N-dealkylation sites (tertiary alicyclic amines) is 2. The summed E-state index contributed by atoms with van der Waals surface area (Å²) in [5.41, 5.74) is 1.89. The molecule has 2 aliphatic rings. The van der Waals surface area contributed by atoms with Crippen LogP contribution in [0, 0.1) is 5.92 Å². The summed E-state index contributed by atoms with van der Waals surface area (Å²) in [6, 6.07) is 5.41. The lowest BCUT2D eigenvalue weighted by molar-refractivity contribution is -0.134. The first-order valence-corrected chi connectivity index (χ1v) is 11.5. The highest BCUT2D eigenvalue weighted by atomic mass is 16.2. The van der Waals surface area contributed by atoms with Gasteiger partial charge in [0.05, 0.1) is 17.6 Å². The molecule has 2 aromatic rings. The third-order valence-electron chi connectivity index (χ3n) is 7.03. The fraction of sp³-hybridized carbons (Fsp3) is 0.609. The molecular formula is C23H33N5O3. The molecule has 4 rings (SSSR count). The number of nitrogens with one attached hydrogen (secondary N) is 2. The molecule has 2 N–H and O–H groups in total. The molecule has 0 spiro atoms. The van der Waals surface area contributed by atoms with Crippen molar-refractivity contribution in [1.82, 2.24) is 24.7 Å². The average Bonchev–Trinajstić information content (AvgIpc) is 3.13. The lowest BCUT2D eigenvalue weighted by atomic mass is 9.94. The van der Waals surface area contributed by atoms with E-state index >= 15 is 0 Å². The van der Waals surface area contributed by atoms with E-state index in [2.05, 4.69) is 22.1 Å². The Labute approximate surface area is 182 Å². The van der Waals surface area contributed by atoms with Gasteiger partial charge in [0.15, 0.2) is 0 Å². The normalized spacial score (nSPS) is 19.1. The maximum absolute atomic E-state index is 12.7. The van der Waals surface area contributed by atoms with Crippen LogP contribution in [-0.2, 0) is 4.79 Å². The number of benzene rings is 1. The number of amides is 2. The second-order valence-corrected chi connectivity index (χ2v) is 8.85. The summed E-state index contributed by atoms with van der Waals surface area (Å²) in [5.74, 6) is 0.827. The molecule has 0 atom stereocenters. The van der Waals surface area contributed by atoms with E-state index in [1.54, 1.807) is 19.2 Å². The first-order chi connectivity index (χ1) is 15.0. The Morgan fingerprint density at radius 3 is 2.45 bits per heavy atom. The quantitative estimate of drug-likeness (QED) is 0.763. The Kier molecular flexibility index (Phi) is 6.46. The third-order valence-corrected chi connectivity index (χ3v) is 7.03. The van der Waals surface area contributed by atoms with Crippen LogP contribution >= 0.6 is 0 Å². The zero-order chi connectivity index (χ0) is 22.0. The average molecular weight is 428 g/mol. The zero-order valence-electron chi connectivity index (χ0n) is 18.5. The number of carbonyl (C=O) groups is 2. The summed E-state index contributed by atoms with van der Waals surface area (Å²) in [5, 5.41) is 2.61. The SMILES string of the molecule is CCC1CCN(C(=O)CN2CCC(n3c(=O)[nH]c4cc(C(=O)NC)ccc43)CC2)CC1. The molecule has 8 heteroatoms. The zero-order valence-corrected chi connectivity index (χ0v) is 18.5. The van der Waals surface area contributed by atoms with Crippen molar-refractivity contribution in [2.75, 3.05) is 39.8 Å². The number of nitrogens with zero attached hydrogens (tertiary/aromatic N) is 3. The Morgan fingerprint density at radius 1 is 1.10 bits per heavy atom. The van der Waals surface area contributed by atoms with Gasteiger partial charge in [0, 0.05) is 44.8 Å². The van der Waals surface area contributed by atoms with Crippen LogP contribution in [0.4, 0.5) is 0 Å². The number of aromatic amines is 1. The molecule has 0 aliphatic carbocycles. The number of carbonyl (C=O) groups excluding carboxylic acids is 2. The van der Waals surface area contributed by atoms with E-state index in [-0.39, 0.29) is 23.5 Å². The highest BCUT2D eigenvalue weighted by Gasteiger charge is 2.27. The molecule has 31 heavy (non-hydrogen) atoms. The molecule has 0 radical (unpaired) electrons. The minimum absolute atomic E-state index is 0.0961. The summed E-state index contributed by atoms with van der Waals surface area (Å²) in [7, 11) is 1.59. The fourth-order valence-electron chi connectivity index (χ4n) is 5.00. The molecule has 1 aromatic carbocycles. The molecule has 0 saturated carbocycles. The van der Waals surface area contributed by atoms with E-state index in [0.717, 1.165) is 63.3 Å². The predicted molar refractivity (Wildman–Crippen MR) is 120 cm³/mol. The van der Waals surface area contributed by atoms with Crippen molar-refractivity contribution >= 4 is 22.8 Å². The first-order valence-electron chi connectivity index (χ1n) is 11.5. The highest BCUT2D eigenvalue weighted by Crippen LogP contribution is 2.26. The molecule has 2 saturated heterocycles. The molecule has 0 unspecified atom stereocenters. The fourth-order valence-corrected chi connectivity index (χ4v) is 5.00. The molecule has 2 fully saturated rings. The van der Waals surface area contributed by atoms with Crippen LogP contribution in [0.3, 0.4) is 0 Å². The standard InChI is InChI=1S/C23H33N5O3/c1-3-16-6-12-27(13-7-16)21(29)15-26-10-8-18(9-11-26)28-20-5-4-17(22(30)24-2)14-19(20)25-23(28)31/h4-5,14,16,18H,3,6-13,15H2,1-2H3,(H,24,30)(H,25,31). The van der Waals surface area contributed by atoms with Gasteiger partial charge in [-0.1, -0.05) is 13.3 Å². The van der Waals surface area contributed by atoms with Crippen molar-refractivity contribution in [1.29, 1.82) is 0 Å². The summed E-state index contributed by atoms with van der Waals surface area (Å²) < 4.78 is 1.82. The van der Waals surface area contributed by atoms with Crippen LogP contribution in [0.15, 0.2) is 23.0 Å². The topological polar surface area (TPSA) is 90.4 Å². The van der Waals surface area contributed by atoms with Gasteiger partial charge in [-0.15, -0.1) is 0 Å². The number of fused-ring (bicyclic) bond motifs is 1. The number of hydrogen-bond donors (Lipinski definition) is 2. The maximum atomic E-state index is 12.7. The highest BCUT2D eigenvalue weighted by molar-refractivity contribution is 5.97. The van der Waals surface area contributed by atoms with Gasteiger partial charge in [-0.3, -0.25) is 19.1 Å². The summed E-state index contributed by atoms with van der Waals surface area (Å²) in [4.78, 5) is 44.3. The summed E-state index contributed by atoms with van der Waals surface area (Å²) in [6.45, 7) is 6.08. The summed E-state index contributed by atoms with van der Waals surface area (Å²) >= 11 is 0. The number of H-pyrrole nitrogens is 1. The van der Waals surface area contributed by atoms with Gasteiger partial charge in [0.2, 0.25) is 5.91 Å². The minimum atomic E-state index is -0.174. The lowest BCUT2D eigenvalue weighted by Crippen LogP contribution is -2.46. The lowest BCUT2D eigenvalue weighted by Gasteiger charge is -2.35. The maximum Gasteiger partial charge on any atom is 0.326 e. The molecule has 0 bridgehead atoms. The Balaban J connectivity index is 1.37. The van der Waals surface area contributed by atoms with Crippen molar-refractivity contribution in [2.45, 2.75) is 45.1 Å². The van der Waals surface area contributed by atoms with Gasteiger partial charge in [-0.05, 0) is 49.8 Å². The van der Waals surface area contributed by atoms with Crippen molar-refractivity contribution in [3.8, 4) is 0 Å². The van der Waals surface area contributed by atoms with E-state index in [1.165, 1.54) is 6.42 Å². The smallest absolute Gasteiger partial charge is 0.326 e. The van der Waals surface area contributed by atoms with Gasteiger partial charge in [0.25, 0.3) is 5.91 Å². The van der Waals surface area contributed by atoms with Gasteiger partial charge in [-0.2, -0.15) is 0 Å². The molecular weight excluding hydrogens is 394 g/mol.